The lowest BCUT2D eigenvalue weighted by Gasteiger charge is -2.38. The zero-order chi connectivity index (χ0) is 18.6. The van der Waals surface area contributed by atoms with Gasteiger partial charge in [0.1, 0.15) is 12.4 Å². The summed E-state index contributed by atoms with van der Waals surface area (Å²) >= 11 is 1.68. The minimum Gasteiger partial charge on any atom is -0.489 e. The van der Waals surface area contributed by atoms with Gasteiger partial charge in [0.15, 0.2) is 0 Å². The van der Waals surface area contributed by atoms with Crippen LogP contribution >= 0.6 is 11.3 Å². The third-order valence-electron chi connectivity index (χ3n) is 4.72. The molecule has 27 heavy (non-hydrogen) atoms. The van der Waals surface area contributed by atoms with E-state index in [9.17, 15) is 4.79 Å². The number of benzene rings is 2. The summed E-state index contributed by atoms with van der Waals surface area (Å²) in [6.45, 7) is 1.58. The van der Waals surface area contributed by atoms with Gasteiger partial charge >= 0.3 is 0 Å². The van der Waals surface area contributed by atoms with Gasteiger partial charge in [0, 0.05) is 6.54 Å². The number of ether oxygens (including phenoxy) is 1. The Morgan fingerprint density at radius 2 is 1.93 bits per heavy atom. The molecule has 138 valence electrons. The first-order valence-corrected chi connectivity index (χ1v) is 9.95. The van der Waals surface area contributed by atoms with Crippen molar-refractivity contribution in [2.75, 3.05) is 25.1 Å². The largest absolute Gasteiger partial charge is 0.489 e. The van der Waals surface area contributed by atoms with Gasteiger partial charge in [-0.15, -0.1) is 0 Å². The second-order valence-corrected chi connectivity index (χ2v) is 7.55. The van der Waals surface area contributed by atoms with Crippen LogP contribution in [0.25, 0.3) is 0 Å². The number of carbonyl (C=O) groups is 1. The average molecular weight is 378 g/mol. The summed E-state index contributed by atoms with van der Waals surface area (Å²) in [5.41, 5.74) is 3.16. The van der Waals surface area contributed by atoms with Crippen molar-refractivity contribution in [3.63, 3.8) is 0 Å². The lowest BCUT2D eigenvalue weighted by atomic mass is 10.0. The summed E-state index contributed by atoms with van der Waals surface area (Å²) in [6.07, 6.45) is 0. The Labute approximate surface area is 163 Å². The summed E-state index contributed by atoms with van der Waals surface area (Å²) in [7, 11) is 1.99. The zero-order valence-electron chi connectivity index (χ0n) is 15.2. The zero-order valence-corrected chi connectivity index (χ0v) is 16.1. The number of likely N-dealkylation sites (N-methyl/N-ethyl adjacent to an activating group) is 1. The molecule has 5 heteroatoms. The predicted octanol–water partition coefficient (Wildman–Crippen LogP) is 4.35. The molecule has 0 spiro atoms. The van der Waals surface area contributed by atoms with Gasteiger partial charge in [-0.25, -0.2) is 0 Å². The molecule has 0 unspecified atom stereocenters. The van der Waals surface area contributed by atoms with E-state index >= 15 is 0 Å². The number of anilines is 1. The van der Waals surface area contributed by atoms with E-state index in [1.165, 1.54) is 5.56 Å². The van der Waals surface area contributed by atoms with Crippen LogP contribution in [0.4, 0.5) is 5.69 Å². The van der Waals surface area contributed by atoms with Crippen LogP contribution in [-0.4, -0.2) is 31.0 Å². The molecule has 3 aromatic rings. The lowest BCUT2D eigenvalue weighted by Crippen LogP contribution is -2.45. The Morgan fingerprint density at radius 1 is 1.15 bits per heavy atom. The van der Waals surface area contributed by atoms with Gasteiger partial charge in [0.2, 0.25) is 5.91 Å². The van der Waals surface area contributed by atoms with Crippen LogP contribution in [-0.2, 0) is 11.3 Å². The third kappa shape index (κ3) is 3.89. The molecule has 0 aliphatic carbocycles. The maximum Gasteiger partial charge on any atom is 0.241 e. The van der Waals surface area contributed by atoms with E-state index in [4.69, 9.17) is 4.74 Å². The first-order valence-electron chi connectivity index (χ1n) is 9.01. The molecule has 0 saturated heterocycles. The molecule has 1 aliphatic rings. The van der Waals surface area contributed by atoms with Crippen LogP contribution < -0.4 is 9.64 Å². The van der Waals surface area contributed by atoms with Crippen molar-refractivity contribution in [3.05, 3.63) is 82.6 Å². The van der Waals surface area contributed by atoms with Gasteiger partial charge in [-0.3, -0.25) is 14.6 Å². The Kier molecular flexibility index (Phi) is 5.23. The number of para-hydroxylation sites is 2. The summed E-state index contributed by atoms with van der Waals surface area (Å²) in [5, 5.41) is 4.19. The Bertz CT molecular complexity index is 896. The maximum absolute atomic E-state index is 13.3. The third-order valence-corrected chi connectivity index (χ3v) is 5.46. The standard InChI is InChI=1S/C22H22N2O2S/c1-23(13-17-11-12-27-16-17)14-22(25)24-19-9-5-6-10-21(19)26-15-20(24)18-7-3-2-4-8-18/h2-12,16,20H,13-15H2,1H3/t20-/m1/s1. The van der Waals surface area contributed by atoms with Gasteiger partial charge < -0.3 is 4.74 Å². The van der Waals surface area contributed by atoms with Crippen molar-refractivity contribution in [2.45, 2.75) is 12.6 Å². The van der Waals surface area contributed by atoms with Gasteiger partial charge in [0.25, 0.3) is 0 Å². The number of nitrogens with zero attached hydrogens (tertiary/aromatic N) is 2. The Balaban J connectivity index is 1.60. The topological polar surface area (TPSA) is 32.8 Å². The van der Waals surface area contributed by atoms with Gasteiger partial charge in [-0.1, -0.05) is 42.5 Å². The van der Waals surface area contributed by atoms with E-state index in [1.54, 1.807) is 11.3 Å². The normalized spacial score (nSPS) is 16.1. The van der Waals surface area contributed by atoms with Gasteiger partial charge in [-0.05, 0) is 47.1 Å². The molecular formula is C22H22N2O2S. The molecule has 4 rings (SSSR count). The van der Waals surface area contributed by atoms with Crippen molar-refractivity contribution in [3.8, 4) is 5.75 Å². The molecule has 1 atom stereocenters. The van der Waals surface area contributed by atoms with Gasteiger partial charge in [-0.2, -0.15) is 11.3 Å². The highest BCUT2D eigenvalue weighted by Gasteiger charge is 2.33. The number of amides is 1. The second kappa shape index (κ2) is 7.94. The molecule has 0 N–H and O–H groups in total. The van der Waals surface area contributed by atoms with Crippen molar-refractivity contribution < 1.29 is 9.53 Å². The molecule has 1 aliphatic heterocycles. The maximum atomic E-state index is 13.3. The molecular weight excluding hydrogens is 356 g/mol. The van der Waals surface area contributed by atoms with Crippen LogP contribution in [0.15, 0.2) is 71.4 Å². The summed E-state index contributed by atoms with van der Waals surface area (Å²) < 4.78 is 5.95. The molecule has 2 heterocycles. The molecule has 2 aromatic carbocycles. The Morgan fingerprint density at radius 3 is 2.70 bits per heavy atom. The molecule has 1 aromatic heterocycles. The van der Waals surface area contributed by atoms with Crippen LogP contribution in [0.1, 0.15) is 17.2 Å². The van der Waals surface area contributed by atoms with Crippen LogP contribution in [0.2, 0.25) is 0 Å². The predicted molar refractivity (Wildman–Crippen MR) is 109 cm³/mol. The number of rotatable bonds is 5. The van der Waals surface area contributed by atoms with Crippen molar-refractivity contribution in [1.29, 1.82) is 0 Å². The van der Waals surface area contributed by atoms with E-state index in [2.05, 4.69) is 33.9 Å². The molecule has 0 radical (unpaired) electrons. The number of thiophene rings is 1. The summed E-state index contributed by atoms with van der Waals surface area (Å²) in [6, 6.07) is 19.8. The lowest BCUT2D eigenvalue weighted by molar-refractivity contribution is -0.120. The minimum absolute atomic E-state index is 0.0809. The van der Waals surface area contributed by atoms with Gasteiger partial charge in [0.05, 0.1) is 18.3 Å². The number of hydrogen-bond acceptors (Lipinski definition) is 4. The number of fused-ring (bicyclic) bond motifs is 1. The second-order valence-electron chi connectivity index (χ2n) is 6.77. The highest BCUT2D eigenvalue weighted by Crippen LogP contribution is 2.39. The molecule has 0 saturated carbocycles. The molecule has 4 nitrogen and oxygen atoms in total. The van der Waals surface area contributed by atoms with E-state index in [0.29, 0.717) is 13.2 Å². The van der Waals surface area contributed by atoms with Crippen LogP contribution in [0.5, 0.6) is 5.75 Å². The molecule has 0 bridgehead atoms. The number of hydrogen-bond donors (Lipinski definition) is 0. The molecule has 0 fully saturated rings. The average Bonchev–Trinajstić information content (AvgIpc) is 3.20. The minimum atomic E-state index is -0.122. The van der Waals surface area contributed by atoms with E-state index in [-0.39, 0.29) is 11.9 Å². The van der Waals surface area contributed by atoms with Crippen LogP contribution in [0, 0.1) is 0 Å². The van der Waals surface area contributed by atoms with Crippen molar-refractivity contribution >= 4 is 22.9 Å². The quantitative estimate of drug-likeness (QED) is 0.662. The van der Waals surface area contributed by atoms with E-state index in [1.807, 2.05) is 54.4 Å². The summed E-state index contributed by atoms with van der Waals surface area (Å²) in [4.78, 5) is 17.3. The number of carbonyl (C=O) groups excluding carboxylic acids is 1. The highest BCUT2D eigenvalue weighted by molar-refractivity contribution is 7.07. The van der Waals surface area contributed by atoms with Crippen LogP contribution in [0.3, 0.4) is 0 Å². The van der Waals surface area contributed by atoms with Crippen molar-refractivity contribution in [2.24, 2.45) is 0 Å². The molecule has 1 amide bonds. The Hall–Kier alpha value is -2.63. The monoisotopic (exact) mass is 378 g/mol. The van der Waals surface area contributed by atoms with E-state index < -0.39 is 0 Å². The fourth-order valence-corrected chi connectivity index (χ4v) is 4.14. The fraction of sp³-hybridized carbons (Fsp3) is 0.227. The first-order chi connectivity index (χ1) is 13.2. The SMILES string of the molecule is CN(CC(=O)N1c2ccccc2OC[C@@H]1c1ccccc1)Cc1ccsc1. The van der Waals surface area contributed by atoms with E-state index in [0.717, 1.165) is 23.5 Å². The summed E-state index contributed by atoms with van der Waals surface area (Å²) in [5.74, 6) is 0.843. The van der Waals surface area contributed by atoms with Crippen molar-refractivity contribution in [1.82, 2.24) is 4.90 Å². The highest BCUT2D eigenvalue weighted by atomic mass is 32.1. The first kappa shape index (κ1) is 17.8. The smallest absolute Gasteiger partial charge is 0.241 e. The fourth-order valence-electron chi connectivity index (χ4n) is 3.48.